The van der Waals surface area contributed by atoms with Crippen molar-refractivity contribution in [3.63, 3.8) is 0 Å². The third-order valence-corrected chi connectivity index (χ3v) is 2.38. The van der Waals surface area contributed by atoms with Gasteiger partial charge in [-0.1, -0.05) is 30.3 Å². The number of phenolic OH excluding ortho intramolecular Hbond substituents is 1. The fraction of sp³-hybridized carbons (Fsp3) is 0.0714. The minimum atomic E-state index is 0.247. The molecule has 0 unspecified atom stereocenters. The lowest BCUT2D eigenvalue weighted by molar-refractivity contribution is 0.475. The molecule has 0 amide bonds. The normalized spacial score (nSPS) is 10.6. The van der Waals surface area contributed by atoms with Crippen molar-refractivity contribution in [1.82, 2.24) is 0 Å². The molecule has 0 aliphatic rings. The lowest BCUT2D eigenvalue weighted by Crippen LogP contribution is -2.08. The Labute approximate surface area is 101 Å². The Morgan fingerprint density at radius 1 is 1.06 bits per heavy atom. The molecule has 17 heavy (non-hydrogen) atoms. The van der Waals surface area contributed by atoms with Crippen LogP contribution in [0.25, 0.3) is 0 Å². The van der Waals surface area contributed by atoms with Crippen LogP contribution in [0.3, 0.4) is 0 Å². The summed E-state index contributed by atoms with van der Waals surface area (Å²) < 4.78 is 0. The third-order valence-electron chi connectivity index (χ3n) is 2.38. The van der Waals surface area contributed by atoms with Gasteiger partial charge in [-0.05, 0) is 29.8 Å². The van der Waals surface area contributed by atoms with Crippen molar-refractivity contribution in [2.45, 2.75) is 0 Å². The van der Waals surface area contributed by atoms with E-state index >= 15 is 0 Å². The van der Waals surface area contributed by atoms with Crippen LogP contribution in [0.4, 0.5) is 5.69 Å². The van der Waals surface area contributed by atoms with E-state index in [-0.39, 0.29) is 5.75 Å². The predicted molar refractivity (Wildman–Crippen MR) is 70.5 cm³/mol. The molecule has 1 N–H and O–H groups in total. The van der Waals surface area contributed by atoms with Gasteiger partial charge in [0.2, 0.25) is 0 Å². The molecule has 0 aliphatic heterocycles. The van der Waals surface area contributed by atoms with Gasteiger partial charge in [-0.2, -0.15) is 5.10 Å². The second-order valence-electron chi connectivity index (χ2n) is 3.70. The van der Waals surface area contributed by atoms with Gasteiger partial charge < -0.3 is 5.11 Å². The number of anilines is 1. The van der Waals surface area contributed by atoms with E-state index in [4.69, 9.17) is 0 Å². The molecule has 0 atom stereocenters. The van der Waals surface area contributed by atoms with Crippen molar-refractivity contribution >= 4 is 11.9 Å². The highest BCUT2D eigenvalue weighted by Gasteiger charge is 1.95. The molecule has 0 fully saturated rings. The topological polar surface area (TPSA) is 35.8 Å². The number of phenols is 1. The van der Waals surface area contributed by atoms with Gasteiger partial charge in [0.05, 0.1) is 11.9 Å². The van der Waals surface area contributed by atoms with Gasteiger partial charge in [-0.15, -0.1) is 0 Å². The van der Waals surface area contributed by atoms with Gasteiger partial charge in [0.1, 0.15) is 5.75 Å². The third kappa shape index (κ3) is 3.08. The highest BCUT2D eigenvalue weighted by Crippen LogP contribution is 2.12. The second kappa shape index (κ2) is 5.16. The molecule has 0 aliphatic carbocycles. The average Bonchev–Trinajstić information content (AvgIpc) is 2.37. The molecule has 2 aromatic carbocycles. The summed E-state index contributed by atoms with van der Waals surface area (Å²) in [7, 11) is 1.88. The van der Waals surface area contributed by atoms with Gasteiger partial charge in [0, 0.05) is 7.05 Å². The van der Waals surface area contributed by atoms with E-state index in [9.17, 15) is 5.11 Å². The SMILES string of the molecule is CN(/N=C\c1cccc(O)c1)c1ccccc1. The van der Waals surface area contributed by atoms with Crippen molar-refractivity contribution < 1.29 is 5.11 Å². The number of benzene rings is 2. The van der Waals surface area contributed by atoms with E-state index in [1.165, 1.54) is 0 Å². The van der Waals surface area contributed by atoms with Crippen LogP contribution in [0.5, 0.6) is 5.75 Å². The summed E-state index contributed by atoms with van der Waals surface area (Å²) in [6.45, 7) is 0. The largest absolute Gasteiger partial charge is 0.508 e. The van der Waals surface area contributed by atoms with E-state index in [1.54, 1.807) is 29.4 Å². The molecule has 0 bridgehead atoms. The van der Waals surface area contributed by atoms with E-state index in [1.807, 2.05) is 43.4 Å². The van der Waals surface area contributed by atoms with Gasteiger partial charge in [0.15, 0.2) is 0 Å². The molecule has 3 nitrogen and oxygen atoms in total. The first-order chi connectivity index (χ1) is 8.25. The summed E-state index contributed by atoms with van der Waals surface area (Å²) in [4.78, 5) is 0. The first-order valence-electron chi connectivity index (χ1n) is 5.37. The van der Waals surface area contributed by atoms with Gasteiger partial charge in [0.25, 0.3) is 0 Å². The molecule has 2 rings (SSSR count). The average molecular weight is 226 g/mol. The molecule has 0 saturated heterocycles. The van der Waals surface area contributed by atoms with E-state index in [0.29, 0.717) is 0 Å². The fourth-order valence-corrected chi connectivity index (χ4v) is 1.47. The summed E-state index contributed by atoms with van der Waals surface area (Å²) >= 11 is 0. The molecule has 3 heteroatoms. The van der Waals surface area contributed by atoms with Gasteiger partial charge in [-0.3, -0.25) is 5.01 Å². The van der Waals surface area contributed by atoms with Crippen LogP contribution in [-0.4, -0.2) is 18.4 Å². The first-order valence-corrected chi connectivity index (χ1v) is 5.37. The van der Waals surface area contributed by atoms with Crippen molar-refractivity contribution in [1.29, 1.82) is 0 Å². The van der Waals surface area contributed by atoms with Gasteiger partial charge in [-0.25, -0.2) is 0 Å². The number of nitrogens with zero attached hydrogens (tertiary/aromatic N) is 2. The molecule has 2 aromatic rings. The summed E-state index contributed by atoms with van der Waals surface area (Å²) in [5, 5.41) is 15.4. The van der Waals surface area contributed by atoms with Crippen molar-refractivity contribution in [3.05, 3.63) is 60.2 Å². The van der Waals surface area contributed by atoms with Crippen LogP contribution in [0, 0.1) is 0 Å². The number of aromatic hydroxyl groups is 1. The molecule has 0 spiro atoms. The number of para-hydroxylation sites is 1. The number of hydrogen-bond acceptors (Lipinski definition) is 3. The lowest BCUT2D eigenvalue weighted by atomic mass is 10.2. The molecule has 0 radical (unpaired) electrons. The van der Waals surface area contributed by atoms with Crippen LogP contribution >= 0.6 is 0 Å². The van der Waals surface area contributed by atoms with Crippen LogP contribution in [0.1, 0.15) is 5.56 Å². The summed E-state index contributed by atoms with van der Waals surface area (Å²) in [6.07, 6.45) is 1.72. The van der Waals surface area contributed by atoms with Crippen molar-refractivity contribution in [2.24, 2.45) is 5.10 Å². The standard InChI is InChI=1S/C14H14N2O/c1-16(13-7-3-2-4-8-13)15-11-12-6-5-9-14(17)10-12/h2-11,17H,1H3/b15-11-. The first kappa shape index (κ1) is 11.2. The maximum Gasteiger partial charge on any atom is 0.116 e. The fourth-order valence-electron chi connectivity index (χ4n) is 1.47. The summed E-state index contributed by atoms with van der Waals surface area (Å²) in [6, 6.07) is 16.9. The van der Waals surface area contributed by atoms with E-state index in [0.717, 1.165) is 11.3 Å². The Morgan fingerprint density at radius 3 is 2.53 bits per heavy atom. The summed E-state index contributed by atoms with van der Waals surface area (Å²) in [5.74, 6) is 0.247. The smallest absolute Gasteiger partial charge is 0.116 e. The predicted octanol–water partition coefficient (Wildman–Crippen LogP) is 2.86. The van der Waals surface area contributed by atoms with E-state index < -0.39 is 0 Å². The zero-order chi connectivity index (χ0) is 12.1. The molecular formula is C14H14N2O. The Morgan fingerprint density at radius 2 is 1.82 bits per heavy atom. The zero-order valence-corrected chi connectivity index (χ0v) is 9.62. The Kier molecular flexibility index (Phi) is 3.40. The zero-order valence-electron chi connectivity index (χ0n) is 9.62. The Balaban J connectivity index is 2.11. The van der Waals surface area contributed by atoms with Gasteiger partial charge >= 0.3 is 0 Å². The maximum atomic E-state index is 9.32. The number of hydrogen-bond donors (Lipinski definition) is 1. The Hall–Kier alpha value is -2.29. The second-order valence-corrected chi connectivity index (χ2v) is 3.70. The quantitative estimate of drug-likeness (QED) is 0.645. The molecule has 0 heterocycles. The van der Waals surface area contributed by atoms with Crippen LogP contribution in [-0.2, 0) is 0 Å². The van der Waals surface area contributed by atoms with Crippen LogP contribution in [0.15, 0.2) is 59.7 Å². The number of rotatable bonds is 3. The molecule has 0 aromatic heterocycles. The van der Waals surface area contributed by atoms with Crippen LogP contribution in [0.2, 0.25) is 0 Å². The van der Waals surface area contributed by atoms with E-state index in [2.05, 4.69) is 5.10 Å². The molecule has 86 valence electrons. The summed E-state index contributed by atoms with van der Waals surface area (Å²) in [5.41, 5.74) is 1.89. The van der Waals surface area contributed by atoms with Crippen molar-refractivity contribution in [2.75, 3.05) is 12.1 Å². The minimum absolute atomic E-state index is 0.247. The highest BCUT2D eigenvalue weighted by atomic mass is 16.3. The maximum absolute atomic E-state index is 9.32. The lowest BCUT2D eigenvalue weighted by Gasteiger charge is -2.11. The van der Waals surface area contributed by atoms with Crippen LogP contribution < -0.4 is 5.01 Å². The molecule has 0 saturated carbocycles. The minimum Gasteiger partial charge on any atom is -0.508 e. The molecular weight excluding hydrogens is 212 g/mol. The van der Waals surface area contributed by atoms with Crippen molar-refractivity contribution in [3.8, 4) is 5.75 Å². The highest BCUT2D eigenvalue weighted by molar-refractivity contribution is 5.80. The number of hydrazone groups is 1. The monoisotopic (exact) mass is 226 g/mol. The Bertz CT molecular complexity index is 509.